The monoisotopic (exact) mass is 499 g/mol. The zero-order valence-electron chi connectivity index (χ0n) is 19.4. The van der Waals surface area contributed by atoms with Crippen LogP contribution in [0, 0.1) is 0 Å². The zero-order valence-corrected chi connectivity index (χ0v) is 19.4. The summed E-state index contributed by atoms with van der Waals surface area (Å²) in [7, 11) is 1.39. The molecule has 1 amide bonds. The minimum absolute atomic E-state index is 0.00961. The molecular weight excluding hydrogens is 475 g/mol. The van der Waals surface area contributed by atoms with Crippen molar-refractivity contribution in [3.8, 4) is 17.0 Å². The number of nitrogens with one attached hydrogen (secondary N) is 2. The summed E-state index contributed by atoms with van der Waals surface area (Å²) in [6.07, 6.45) is -2.91. The molecule has 0 saturated carbocycles. The van der Waals surface area contributed by atoms with Gasteiger partial charge in [-0.1, -0.05) is 12.6 Å². The van der Waals surface area contributed by atoms with Gasteiger partial charge in [0, 0.05) is 36.2 Å². The van der Waals surface area contributed by atoms with Crippen molar-refractivity contribution in [3.63, 3.8) is 0 Å². The molecule has 11 heteroatoms. The van der Waals surface area contributed by atoms with E-state index in [9.17, 15) is 18.0 Å². The molecule has 4 rings (SSSR count). The van der Waals surface area contributed by atoms with Gasteiger partial charge >= 0.3 is 6.18 Å². The Kier molecular flexibility index (Phi) is 7.39. The number of anilines is 4. The summed E-state index contributed by atoms with van der Waals surface area (Å²) in [5.74, 6) is -0.272. The second-order valence-electron chi connectivity index (χ2n) is 7.84. The number of alkyl halides is 3. The third-order valence-corrected chi connectivity index (χ3v) is 5.49. The number of morpholine rings is 1. The summed E-state index contributed by atoms with van der Waals surface area (Å²) in [5, 5.41) is 5.53. The summed E-state index contributed by atoms with van der Waals surface area (Å²) in [6, 6.07) is 11.7. The third-order valence-electron chi connectivity index (χ3n) is 5.49. The summed E-state index contributed by atoms with van der Waals surface area (Å²) in [4.78, 5) is 22.1. The van der Waals surface area contributed by atoms with Gasteiger partial charge in [0.1, 0.15) is 11.3 Å². The fourth-order valence-electron chi connectivity index (χ4n) is 3.74. The molecule has 2 aromatic carbocycles. The number of aromatic nitrogens is 2. The molecule has 1 aromatic heterocycles. The van der Waals surface area contributed by atoms with Crippen LogP contribution in [0.1, 0.15) is 5.56 Å². The van der Waals surface area contributed by atoms with Gasteiger partial charge in [0.25, 0.3) is 0 Å². The fourth-order valence-corrected chi connectivity index (χ4v) is 3.74. The number of halogens is 3. The molecule has 1 fully saturated rings. The largest absolute Gasteiger partial charge is 0.495 e. The average Bonchev–Trinajstić information content (AvgIpc) is 2.88. The molecule has 1 aliphatic rings. The number of benzene rings is 2. The molecular formula is C25H24F3N5O3. The van der Waals surface area contributed by atoms with Crippen LogP contribution in [0.15, 0.2) is 61.3 Å². The van der Waals surface area contributed by atoms with Crippen molar-refractivity contribution in [1.82, 2.24) is 9.97 Å². The molecule has 1 aliphatic heterocycles. The Bertz CT molecular complexity index is 1260. The van der Waals surface area contributed by atoms with E-state index in [2.05, 4.69) is 32.1 Å². The highest BCUT2D eigenvalue weighted by Crippen LogP contribution is 2.38. The lowest BCUT2D eigenvalue weighted by molar-refractivity contribution is -0.137. The summed E-state index contributed by atoms with van der Waals surface area (Å²) >= 11 is 0. The molecule has 188 valence electrons. The van der Waals surface area contributed by atoms with Crippen LogP contribution in [0.25, 0.3) is 11.3 Å². The quantitative estimate of drug-likeness (QED) is 0.448. The van der Waals surface area contributed by atoms with Gasteiger partial charge in [-0.2, -0.15) is 13.2 Å². The van der Waals surface area contributed by atoms with E-state index >= 15 is 0 Å². The zero-order chi connectivity index (χ0) is 25.7. The maximum atomic E-state index is 13.8. The SMILES string of the molecule is C=CC(=O)Nc1cc(-c2nc(Nc3cccc(N4CCOCC4)c3)ncc2C(F)(F)F)ccc1OC. The molecule has 0 atom stereocenters. The molecule has 2 heterocycles. The van der Waals surface area contributed by atoms with Gasteiger partial charge in [0.2, 0.25) is 11.9 Å². The number of hydrogen-bond acceptors (Lipinski definition) is 7. The van der Waals surface area contributed by atoms with Crippen LogP contribution in [-0.2, 0) is 15.7 Å². The maximum absolute atomic E-state index is 13.8. The van der Waals surface area contributed by atoms with Crippen LogP contribution in [0.2, 0.25) is 0 Å². The first-order valence-electron chi connectivity index (χ1n) is 11.0. The molecule has 0 aliphatic carbocycles. The fraction of sp³-hybridized carbons (Fsp3) is 0.240. The first-order chi connectivity index (χ1) is 17.3. The summed E-state index contributed by atoms with van der Waals surface area (Å²) in [6.45, 7) is 6.12. The van der Waals surface area contributed by atoms with Gasteiger partial charge in [-0.3, -0.25) is 4.79 Å². The Morgan fingerprint density at radius 3 is 2.67 bits per heavy atom. The van der Waals surface area contributed by atoms with Crippen LogP contribution in [0.3, 0.4) is 0 Å². The molecule has 0 bridgehead atoms. The van der Waals surface area contributed by atoms with Crippen molar-refractivity contribution >= 4 is 28.9 Å². The highest BCUT2D eigenvalue weighted by Gasteiger charge is 2.35. The van der Waals surface area contributed by atoms with Crippen molar-refractivity contribution in [2.45, 2.75) is 6.18 Å². The Morgan fingerprint density at radius 1 is 1.19 bits per heavy atom. The van der Waals surface area contributed by atoms with E-state index in [0.29, 0.717) is 18.9 Å². The predicted molar refractivity (Wildman–Crippen MR) is 131 cm³/mol. The standard InChI is InChI=1S/C25H24F3N5O3/c1-3-22(34)31-20-13-16(7-8-21(20)35-2)23-19(25(26,27)28)15-29-24(32-23)30-17-5-4-6-18(14-17)33-9-11-36-12-10-33/h3-8,13-15H,1,9-12H2,2H3,(H,31,34)(H,29,30,32). The van der Waals surface area contributed by atoms with Gasteiger partial charge in [-0.25, -0.2) is 9.97 Å². The Hall–Kier alpha value is -4.12. The van der Waals surface area contributed by atoms with Crippen molar-refractivity contribution in [3.05, 3.63) is 66.9 Å². The van der Waals surface area contributed by atoms with E-state index in [-0.39, 0.29) is 28.6 Å². The first kappa shape index (κ1) is 25.0. The van der Waals surface area contributed by atoms with Crippen LogP contribution in [0.5, 0.6) is 5.75 Å². The molecule has 2 N–H and O–H groups in total. The number of ether oxygens (including phenoxy) is 2. The van der Waals surface area contributed by atoms with Crippen molar-refractivity contribution < 1.29 is 27.4 Å². The number of carbonyl (C=O) groups excluding carboxylic acids is 1. The Morgan fingerprint density at radius 2 is 1.97 bits per heavy atom. The van der Waals surface area contributed by atoms with Gasteiger partial charge in [0.15, 0.2) is 0 Å². The summed E-state index contributed by atoms with van der Waals surface area (Å²) < 4.78 is 52.1. The predicted octanol–water partition coefficient (Wildman–Crippen LogP) is 4.88. The van der Waals surface area contributed by atoms with E-state index < -0.39 is 17.6 Å². The van der Waals surface area contributed by atoms with Gasteiger partial charge in [-0.15, -0.1) is 0 Å². The topological polar surface area (TPSA) is 88.6 Å². The molecule has 0 unspecified atom stereocenters. The smallest absolute Gasteiger partial charge is 0.419 e. The molecule has 1 saturated heterocycles. The number of amides is 1. The van der Waals surface area contributed by atoms with E-state index in [4.69, 9.17) is 9.47 Å². The Balaban J connectivity index is 1.70. The van der Waals surface area contributed by atoms with Crippen molar-refractivity contribution in [2.24, 2.45) is 0 Å². The van der Waals surface area contributed by atoms with Crippen molar-refractivity contribution in [1.29, 1.82) is 0 Å². The average molecular weight is 499 g/mol. The minimum atomic E-state index is -4.70. The van der Waals surface area contributed by atoms with E-state index in [0.717, 1.165) is 31.0 Å². The lowest BCUT2D eigenvalue weighted by atomic mass is 10.1. The van der Waals surface area contributed by atoms with Gasteiger partial charge in [-0.05, 0) is 42.5 Å². The van der Waals surface area contributed by atoms with Gasteiger partial charge in [0.05, 0.1) is 31.7 Å². The number of rotatable bonds is 7. The van der Waals surface area contributed by atoms with Crippen molar-refractivity contribution in [2.75, 3.05) is 48.9 Å². The van der Waals surface area contributed by atoms with Crippen LogP contribution in [0.4, 0.5) is 36.2 Å². The number of nitrogens with zero attached hydrogens (tertiary/aromatic N) is 3. The Labute approximate surface area is 205 Å². The van der Waals surface area contributed by atoms with E-state index in [1.807, 2.05) is 18.2 Å². The molecule has 0 radical (unpaired) electrons. The molecule has 36 heavy (non-hydrogen) atoms. The van der Waals surface area contributed by atoms with E-state index in [1.54, 1.807) is 6.07 Å². The molecule has 8 nitrogen and oxygen atoms in total. The van der Waals surface area contributed by atoms with Crippen LogP contribution >= 0.6 is 0 Å². The van der Waals surface area contributed by atoms with Crippen LogP contribution in [-0.4, -0.2) is 49.3 Å². The normalized spacial score (nSPS) is 13.7. The lowest BCUT2D eigenvalue weighted by Crippen LogP contribution is -2.36. The molecule has 0 spiro atoms. The number of hydrogen-bond donors (Lipinski definition) is 2. The minimum Gasteiger partial charge on any atom is -0.495 e. The number of carbonyl (C=O) groups is 1. The van der Waals surface area contributed by atoms with Gasteiger partial charge < -0.3 is 25.0 Å². The summed E-state index contributed by atoms with van der Waals surface area (Å²) in [5.41, 5.74) is 0.517. The van der Waals surface area contributed by atoms with Crippen LogP contribution < -0.4 is 20.3 Å². The molecule has 3 aromatic rings. The second kappa shape index (κ2) is 10.6. The van der Waals surface area contributed by atoms with E-state index in [1.165, 1.54) is 25.3 Å². The second-order valence-corrected chi connectivity index (χ2v) is 7.84. The maximum Gasteiger partial charge on any atom is 0.419 e. The highest BCUT2D eigenvalue weighted by atomic mass is 19.4. The third kappa shape index (κ3) is 5.74. The number of methoxy groups -OCH3 is 1. The lowest BCUT2D eigenvalue weighted by Gasteiger charge is -2.29. The first-order valence-corrected chi connectivity index (χ1v) is 11.0. The highest BCUT2D eigenvalue weighted by molar-refractivity contribution is 6.00.